The Bertz CT molecular complexity index is 1350. The molecule has 0 saturated heterocycles. The molecule has 6 nitrogen and oxygen atoms in total. The summed E-state index contributed by atoms with van der Waals surface area (Å²) in [6, 6.07) is 21.6. The molecule has 0 atom stereocenters. The largest absolute Gasteiger partial charge is 0.283 e. The van der Waals surface area contributed by atoms with Crippen LogP contribution in [0.4, 0.5) is 0 Å². The fraction of sp³-hybridized carbons (Fsp3) is 0.160. The van der Waals surface area contributed by atoms with Gasteiger partial charge in [-0.2, -0.15) is 8.42 Å². The van der Waals surface area contributed by atoms with Gasteiger partial charge in [-0.3, -0.25) is 0 Å². The van der Waals surface area contributed by atoms with Gasteiger partial charge in [0.2, 0.25) is 0 Å². The Morgan fingerprint density at radius 3 is 1.85 bits per heavy atom. The van der Waals surface area contributed by atoms with Crippen molar-refractivity contribution in [3.05, 3.63) is 108 Å². The summed E-state index contributed by atoms with van der Waals surface area (Å²) in [5.41, 5.74) is 2.53. The molecular weight excluding hydrogens is 456 g/mol. The third-order valence-corrected chi connectivity index (χ3v) is 8.07. The van der Waals surface area contributed by atoms with Crippen LogP contribution in [0.25, 0.3) is 0 Å². The lowest BCUT2D eigenvalue weighted by molar-refractivity contribution is 0.537. The first-order valence-corrected chi connectivity index (χ1v) is 13.2. The van der Waals surface area contributed by atoms with Crippen molar-refractivity contribution >= 4 is 25.9 Å². The normalized spacial score (nSPS) is 12.4. The maximum Gasteiger partial charge on any atom is 0.283 e. The van der Waals surface area contributed by atoms with E-state index in [2.05, 4.69) is 11.0 Å². The van der Waals surface area contributed by atoms with Gasteiger partial charge in [-0.1, -0.05) is 71.8 Å². The minimum absolute atomic E-state index is 0.00482. The van der Waals surface area contributed by atoms with Crippen LogP contribution in [-0.4, -0.2) is 33.5 Å². The Morgan fingerprint density at radius 1 is 0.818 bits per heavy atom. The SMILES string of the molecule is C=CCN(/C(Cc1ccccc1)=N/S(=O)(=O)c1ccc(C)cc1)S(=O)(=O)c1ccc(C)cc1. The Balaban J connectivity index is 2.17. The Labute approximate surface area is 196 Å². The highest BCUT2D eigenvalue weighted by molar-refractivity contribution is 7.91. The van der Waals surface area contributed by atoms with Crippen molar-refractivity contribution in [1.29, 1.82) is 0 Å². The van der Waals surface area contributed by atoms with Crippen molar-refractivity contribution in [2.45, 2.75) is 30.1 Å². The van der Waals surface area contributed by atoms with Gasteiger partial charge in [0, 0.05) is 6.42 Å². The molecule has 3 aromatic carbocycles. The van der Waals surface area contributed by atoms with Crippen LogP contribution < -0.4 is 0 Å². The van der Waals surface area contributed by atoms with E-state index in [0.717, 1.165) is 21.0 Å². The maximum absolute atomic E-state index is 13.5. The van der Waals surface area contributed by atoms with Gasteiger partial charge in [0.1, 0.15) is 5.84 Å². The van der Waals surface area contributed by atoms with Gasteiger partial charge in [0.05, 0.1) is 16.3 Å². The van der Waals surface area contributed by atoms with Crippen LogP contribution in [-0.2, 0) is 26.5 Å². The lowest BCUT2D eigenvalue weighted by atomic mass is 10.1. The third-order valence-electron chi connectivity index (χ3n) is 4.94. The molecule has 0 amide bonds. The van der Waals surface area contributed by atoms with Crippen LogP contribution in [0.15, 0.2) is 106 Å². The first-order chi connectivity index (χ1) is 15.6. The highest BCUT2D eigenvalue weighted by Crippen LogP contribution is 2.21. The zero-order valence-corrected chi connectivity index (χ0v) is 20.2. The van der Waals surface area contributed by atoms with E-state index in [1.165, 1.54) is 30.3 Å². The summed E-state index contributed by atoms with van der Waals surface area (Å²) in [4.78, 5) is 0.0356. The maximum atomic E-state index is 13.5. The number of benzene rings is 3. The fourth-order valence-corrected chi connectivity index (χ4v) is 5.64. The molecule has 3 rings (SSSR count). The van der Waals surface area contributed by atoms with Gasteiger partial charge < -0.3 is 0 Å². The van der Waals surface area contributed by atoms with E-state index in [1.54, 1.807) is 48.5 Å². The first kappa shape index (κ1) is 24.4. The smallest absolute Gasteiger partial charge is 0.248 e. The molecule has 0 spiro atoms. The molecule has 0 aliphatic carbocycles. The van der Waals surface area contributed by atoms with Crippen molar-refractivity contribution in [1.82, 2.24) is 4.31 Å². The van der Waals surface area contributed by atoms with Gasteiger partial charge in [-0.15, -0.1) is 11.0 Å². The quantitative estimate of drug-likeness (QED) is 0.269. The summed E-state index contributed by atoms with van der Waals surface area (Å²) in [5, 5.41) is 0. The zero-order chi connectivity index (χ0) is 24.1. The molecule has 0 unspecified atom stereocenters. The van der Waals surface area contributed by atoms with E-state index >= 15 is 0 Å². The van der Waals surface area contributed by atoms with Crippen molar-refractivity contribution in [2.75, 3.05) is 6.54 Å². The van der Waals surface area contributed by atoms with Crippen LogP contribution in [0, 0.1) is 13.8 Å². The van der Waals surface area contributed by atoms with Crippen molar-refractivity contribution in [3.63, 3.8) is 0 Å². The molecule has 0 N–H and O–H groups in total. The second-order valence-corrected chi connectivity index (χ2v) is 11.1. The van der Waals surface area contributed by atoms with E-state index in [0.29, 0.717) is 0 Å². The molecular formula is C25H26N2O4S2. The van der Waals surface area contributed by atoms with Crippen molar-refractivity contribution in [3.8, 4) is 0 Å². The highest BCUT2D eigenvalue weighted by atomic mass is 32.2. The first-order valence-electron chi connectivity index (χ1n) is 10.3. The van der Waals surface area contributed by atoms with Crippen molar-refractivity contribution in [2.24, 2.45) is 4.40 Å². The molecule has 0 aliphatic heterocycles. The van der Waals surface area contributed by atoms with Crippen LogP contribution in [0.1, 0.15) is 16.7 Å². The van der Waals surface area contributed by atoms with Crippen LogP contribution in [0.5, 0.6) is 0 Å². The van der Waals surface area contributed by atoms with Crippen LogP contribution in [0.2, 0.25) is 0 Å². The van der Waals surface area contributed by atoms with Gasteiger partial charge >= 0.3 is 0 Å². The van der Waals surface area contributed by atoms with Gasteiger partial charge in [0.15, 0.2) is 0 Å². The second-order valence-electron chi connectivity index (χ2n) is 7.60. The lowest BCUT2D eigenvalue weighted by Crippen LogP contribution is -2.38. The predicted octanol–water partition coefficient (Wildman–Crippen LogP) is 4.51. The molecule has 0 saturated carbocycles. The fourth-order valence-electron chi connectivity index (χ4n) is 3.14. The molecule has 0 heterocycles. The summed E-state index contributed by atoms with van der Waals surface area (Å²) in [6.07, 6.45) is 1.41. The van der Waals surface area contributed by atoms with Crippen LogP contribution >= 0.6 is 0 Å². The standard InChI is InChI=1S/C25H26N2O4S2/c1-4-18-27(33(30,31)24-16-12-21(3)13-17-24)25(19-22-8-6-5-7-9-22)26-32(28,29)23-14-10-20(2)11-15-23/h4-17H,1,18-19H2,2-3H3/b26-25+. The number of sulfonamides is 2. The number of aryl methyl sites for hydroxylation is 2. The zero-order valence-electron chi connectivity index (χ0n) is 18.5. The lowest BCUT2D eigenvalue weighted by Gasteiger charge is -2.25. The molecule has 0 aromatic heterocycles. The molecule has 0 radical (unpaired) electrons. The highest BCUT2D eigenvalue weighted by Gasteiger charge is 2.29. The van der Waals surface area contributed by atoms with Gasteiger partial charge in [-0.25, -0.2) is 12.7 Å². The van der Waals surface area contributed by atoms with E-state index in [9.17, 15) is 16.8 Å². The predicted molar refractivity (Wildman–Crippen MR) is 131 cm³/mol. The summed E-state index contributed by atoms with van der Waals surface area (Å²) in [7, 11) is -8.26. The Morgan fingerprint density at radius 2 is 1.33 bits per heavy atom. The number of hydrogen-bond donors (Lipinski definition) is 0. The minimum Gasteiger partial charge on any atom is -0.248 e. The summed E-state index contributed by atoms with van der Waals surface area (Å²) >= 11 is 0. The number of amidine groups is 1. The average Bonchev–Trinajstić information content (AvgIpc) is 2.78. The van der Waals surface area contributed by atoms with E-state index in [4.69, 9.17) is 0 Å². The Kier molecular flexibility index (Phi) is 7.50. The molecule has 0 aliphatic rings. The number of hydrogen-bond acceptors (Lipinski definition) is 4. The van der Waals surface area contributed by atoms with Crippen LogP contribution in [0.3, 0.4) is 0 Å². The Hall–Kier alpha value is -3.23. The van der Waals surface area contributed by atoms with Crippen molar-refractivity contribution < 1.29 is 16.8 Å². The third kappa shape index (κ3) is 5.97. The van der Waals surface area contributed by atoms with E-state index in [-0.39, 0.29) is 28.6 Å². The second kappa shape index (κ2) is 10.1. The molecule has 3 aromatic rings. The molecule has 0 fully saturated rings. The number of nitrogens with zero attached hydrogens (tertiary/aromatic N) is 2. The van der Waals surface area contributed by atoms with Gasteiger partial charge in [-0.05, 0) is 43.7 Å². The molecule has 0 bridgehead atoms. The minimum atomic E-state index is -4.16. The van der Waals surface area contributed by atoms with Gasteiger partial charge in [0.25, 0.3) is 20.0 Å². The molecule has 33 heavy (non-hydrogen) atoms. The molecule has 8 heteroatoms. The summed E-state index contributed by atoms with van der Waals surface area (Å²) < 4.78 is 58.3. The topological polar surface area (TPSA) is 83.9 Å². The monoisotopic (exact) mass is 482 g/mol. The van der Waals surface area contributed by atoms with E-state index in [1.807, 2.05) is 19.9 Å². The van der Waals surface area contributed by atoms with E-state index < -0.39 is 20.0 Å². The molecule has 172 valence electrons. The average molecular weight is 483 g/mol. The summed E-state index contributed by atoms with van der Waals surface area (Å²) in [5.74, 6) is -0.109. The number of rotatable bonds is 8. The summed E-state index contributed by atoms with van der Waals surface area (Å²) in [6.45, 7) is 7.23.